The number of carbonyl (C=O) groups excluding carboxylic acids is 3. The van der Waals surface area contributed by atoms with Crippen LogP contribution in [0.1, 0.15) is 89.6 Å². The zero-order valence-corrected chi connectivity index (χ0v) is 27.9. The molecule has 0 radical (unpaired) electrons. The maximum Gasteiger partial charge on any atom is 0.282 e. The van der Waals surface area contributed by atoms with Gasteiger partial charge in [0, 0.05) is 38.0 Å². The Hall–Kier alpha value is -3.66. The monoisotopic (exact) mass is 671 g/mol. The van der Waals surface area contributed by atoms with Crippen LogP contribution < -0.4 is 16.0 Å². The van der Waals surface area contributed by atoms with Crippen LogP contribution in [-0.2, 0) is 21.4 Å². The maximum atomic E-state index is 13.8. The average Bonchev–Trinajstić information content (AvgIpc) is 3.71. The highest BCUT2D eigenvalue weighted by Crippen LogP contribution is 2.26. The number of hydrogen-bond acceptors (Lipinski definition) is 9. The summed E-state index contributed by atoms with van der Waals surface area (Å²) < 4.78 is 35.9. The SMILES string of the molecule is CC(C)C[C@@H]1NC(=O)c2coc(n2)[C@H](Cc2ccccc2)NC(=O)CN(S(=O)(=O)N2CCC(C)CC2)CCNC(=O)c2csc1n2. The summed E-state index contributed by atoms with van der Waals surface area (Å²) in [5.74, 6) is -0.806. The van der Waals surface area contributed by atoms with Crippen molar-refractivity contribution in [1.82, 2.24) is 34.5 Å². The first-order chi connectivity index (χ1) is 22.0. The van der Waals surface area contributed by atoms with Gasteiger partial charge in [-0.3, -0.25) is 14.4 Å². The summed E-state index contributed by atoms with van der Waals surface area (Å²) in [6, 6.07) is 8.13. The molecule has 0 unspecified atom stereocenters. The lowest BCUT2D eigenvalue weighted by atomic mass is 10.0. The van der Waals surface area contributed by atoms with Gasteiger partial charge in [-0.2, -0.15) is 17.0 Å². The van der Waals surface area contributed by atoms with Crippen molar-refractivity contribution in [3.8, 4) is 0 Å². The van der Waals surface area contributed by atoms with Gasteiger partial charge in [0.2, 0.25) is 11.8 Å². The first-order valence-electron chi connectivity index (χ1n) is 15.6. The zero-order chi connectivity index (χ0) is 32.8. The molecule has 248 valence electrons. The number of amides is 3. The molecule has 3 aromatic rings. The maximum absolute atomic E-state index is 13.8. The largest absolute Gasteiger partial charge is 0.446 e. The van der Waals surface area contributed by atoms with Gasteiger partial charge in [0.1, 0.15) is 23.0 Å². The van der Waals surface area contributed by atoms with E-state index in [1.807, 2.05) is 44.2 Å². The molecule has 0 spiro atoms. The van der Waals surface area contributed by atoms with Gasteiger partial charge in [0.05, 0.1) is 12.6 Å². The Morgan fingerprint density at radius 1 is 0.957 bits per heavy atom. The third-order valence-electron chi connectivity index (χ3n) is 8.10. The topological polar surface area (TPSA) is 167 Å². The van der Waals surface area contributed by atoms with Gasteiger partial charge < -0.3 is 20.4 Å². The quantitative estimate of drug-likeness (QED) is 0.360. The van der Waals surface area contributed by atoms with E-state index in [-0.39, 0.29) is 36.3 Å². The second-order valence-corrected chi connectivity index (χ2v) is 15.1. The number of piperidine rings is 1. The Labute approximate surface area is 273 Å². The van der Waals surface area contributed by atoms with E-state index < -0.39 is 46.6 Å². The number of hydrogen-bond donors (Lipinski definition) is 3. The Morgan fingerprint density at radius 3 is 2.41 bits per heavy atom. The number of fused-ring (bicyclic) bond motifs is 4. The standard InChI is InChI=1S/C31H41N7O6S2/c1-20(2)15-24-31-36-26(19-45-31)28(40)32-11-14-38(46(42,43)37-12-9-21(3)10-13-37)17-27(39)33-23(16-22-7-5-4-6-8-22)30-35-25(18-44-30)29(41)34-24/h4-8,18-21,23-24H,9-17H2,1-3H3,(H,32,40)(H,33,39)(H,34,41)/t23-,24-/m0/s1. The number of aromatic nitrogens is 2. The van der Waals surface area contributed by atoms with Crippen molar-refractivity contribution in [1.29, 1.82) is 0 Å². The molecule has 3 amide bonds. The van der Waals surface area contributed by atoms with Crippen molar-refractivity contribution in [3.05, 3.63) is 69.8 Å². The molecule has 2 aliphatic rings. The van der Waals surface area contributed by atoms with E-state index in [9.17, 15) is 22.8 Å². The molecular formula is C31H41N7O6S2. The predicted molar refractivity (Wildman–Crippen MR) is 172 cm³/mol. The van der Waals surface area contributed by atoms with Crippen LogP contribution in [0.3, 0.4) is 0 Å². The molecule has 1 fully saturated rings. The number of thiazole rings is 1. The van der Waals surface area contributed by atoms with E-state index in [0.717, 1.165) is 22.7 Å². The van der Waals surface area contributed by atoms with Gasteiger partial charge in [-0.15, -0.1) is 11.3 Å². The van der Waals surface area contributed by atoms with Crippen LogP contribution in [0.15, 0.2) is 46.4 Å². The van der Waals surface area contributed by atoms with Crippen LogP contribution in [0, 0.1) is 11.8 Å². The van der Waals surface area contributed by atoms with Gasteiger partial charge in [-0.1, -0.05) is 51.1 Å². The molecule has 46 heavy (non-hydrogen) atoms. The van der Waals surface area contributed by atoms with E-state index in [2.05, 4.69) is 32.8 Å². The van der Waals surface area contributed by atoms with Gasteiger partial charge in [0.25, 0.3) is 22.0 Å². The molecule has 2 aliphatic heterocycles. The second-order valence-electron chi connectivity index (χ2n) is 12.3. The summed E-state index contributed by atoms with van der Waals surface area (Å²) >= 11 is 1.26. The van der Waals surface area contributed by atoms with E-state index in [1.165, 1.54) is 21.9 Å². The van der Waals surface area contributed by atoms with E-state index in [0.29, 0.717) is 36.9 Å². The van der Waals surface area contributed by atoms with Crippen molar-refractivity contribution < 1.29 is 27.2 Å². The Morgan fingerprint density at radius 2 is 1.70 bits per heavy atom. The molecule has 0 aliphatic carbocycles. The molecule has 5 rings (SSSR count). The van der Waals surface area contributed by atoms with Gasteiger partial charge in [-0.25, -0.2) is 9.97 Å². The minimum atomic E-state index is -4.03. The van der Waals surface area contributed by atoms with Crippen molar-refractivity contribution in [2.24, 2.45) is 11.8 Å². The van der Waals surface area contributed by atoms with Crippen LogP contribution in [0.2, 0.25) is 0 Å². The molecular weight excluding hydrogens is 631 g/mol. The van der Waals surface area contributed by atoms with Crippen molar-refractivity contribution >= 4 is 39.3 Å². The average molecular weight is 672 g/mol. The Bertz CT molecular complexity index is 1620. The van der Waals surface area contributed by atoms with Crippen LogP contribution in [0.25, 0.3) is 0 Å². The molecule has 2 aromatic heterocycles. The summed E-state index contributed by atoms with van der Waals surface area (Å²) in [5, 5.41) is 10.8. The van der Waals surface area contributed by atoms with E-state index in [1.54, 1.807) is 5.38 Å². The van der Waals surface area contributed by atoms with Crippen LogP contribution in [-0.4, -0.2) is 77.4 Å². The van der Waals surface area contributed by atoms with Crippen molar-refractivity contribution in [3.63, 3.8) is 0 Å². The predicted octanol–water partition coefficient (Wildman–Crippen LogP) is 3.07. The zero-order valence-electron chi connectivity index (χ0n) is 26.3. The van der Waals surface area contributed by atoms with Crippen LogP contribution in [0.5, 0.6) is 0 Å². The van der Waals surface area contributed by atoms with E-state index in [4.69, 9.17) is 4.42 Å². The highest BCUT2D eigenvalue weighted by molar-refractivity contribution is 7.86. The number of carbonyl (C=O) groups is 3. The number of oxazole rings is 1. The highest BCUT2D eigenvalue weighted by atomic mass is 32.2. The lowest BCUT2D eigenvalue weighted by Crippen LogP contribution is -2.52. The summed E-state index contributed by atoms with van der Waals surface area (Å²) in [6.45, 7) is 6.19. The summed E-state index contributed by atoms with van der Waals surface area (Å²) in [7, 11) is -4.03. The fourth-order valence-electron chi connectivity index (χ4n) is 5.52. The second kappa shape index (κ2) is 14.8. The third-order valence-corrected chi connectivity index (χ3v) is 11.0. The highest BCUT2D eigenvalue weighted by Gasteiger charge is 2.34. The molecule has 13 nitrogen and oxygen atoms in total. The molecule has 2 atom stereocenters. The molecule has 4 heterocycles. The fourth-order valence-corrected chi connectivity index (χ4v) is 7.98. The van der Waals surface area contributed by atoms with Crippen molar-refractivity contribution in [2.75, 3.05) is 32.7 Å². The molecule has 4 bridgehead atoms. The van der Waals surface area contributed by atoms with Crippen LogP contribution >= 0.6 is 11.3 Å². The number of rotatable bonds is 6. The molecule has 15 heteroatoms. The first kappa shape index (κ1) is 33.7. The number of benzene rings is 1. The normalized spacial score (nSPS) is 21.7. The van der Waals surface area contributed by atoms with Gasteiger partial charge in [0.15, 0.2) is 5.69 Å². The summed E-state index contributed by atoms with van der Waals surface area (Å²) in [4.78, 5) is 48.9. The Balaban J connectivity index is 1.48. The molecule has 0 saturated carbocycles. The van der Waals surface area contributed by atoms with Crippen molar-refractivity contribution in [2.45, 2.75) is 58.5 Å². The van der Waals surface area contributed by atoms with E-state index >= 15 is 0 Å². The molecule has 3 N–H and O–H groups in total. The minimum absolute atomic E-state index is 0.0234. The smallest absolute Gasteiger partial charge is 0.282 e. The van der Waals surface area contributed by atoms with Crippen LogP contribution in [0.4, 0.5) is 0 Å². The lowest BCUT2D eigenvalue weighted by molar-refractivity contribution is -0.122. The summed E-state index contributed by atoms with van der Waals surface area (Å²) in [6.07, 6.45) is 3.54. The first-order valence-corrected chi connectivity index (χ1v) is 17.9. The lowest BCUT2D eigenvalue weighted by Gasteiger charge is -2.34. The fraction of sp³-hybridized carbons (Fsp3) is 0.516. The molecule has 1 aromatic carbocycles. The Kier molecular flexibility index (Phi) is 10.9. The van der Waals surface area contributed by atoms with Gasteiger partial charge in [-0.05, 0) is 36.7 Å². The third kappa shape index (κ3) is 8.37. The van der Waals surface area contributed by atoms with Gasteiger partial charge >= 0.3 is 0 Å². The minimum Gasteiger partial charge on any atom is -0.446 e. The summed E-state index contributed by atoms with van der Waals surface area (Å²) in [5.41, 5.74) is 1.06. The molecule has 1 saturated heterocycles. The number of nitrogens with zero attached hydrogens (tertiary/aromatic N) is 4. The number of nitrogens with one attached hydrogen (secondary N) is 3.